The van der Waals surface area contributed by atoms with Crippen LogP contribution in [0.5, 0.6) is 0 Å². The third kappa shape index (κ3) is 3.22. The zero-order valence-corrected chi connectivity index (χ0v) is 13.1. The van der Waals surface area contributed by atoms with Crippen LogP contribution in [-0.2, 0) is 0 Å². The van der Waals surface area contributed by atoms with Gasteiger partial charge >= 0.3 is 0 Å². The first-order chi connectivity index (χ1) is 10.2. The van der Waals surface area contributed by atoms with E-state index in [1.54, 1.807) is 11.8 Å². The molecule has 0 N–H and O–H groups in total. The van der Waals surface area contributed by atoms with Gasteiger partial charge in [-0.3, -0.25) is 0 Å². The van der Waals surface area contributed by atoms with Crippen LogP contribution in [0.4, 0.5) is 0 Å². The second kappa shape index (κ2) is 6.23. The van der Waals surface area contributed by atoms with E-state index in [0.29, 0.717) is 5.25 Å². The lowest BCUT2D eigenvalue weighted by Crippen LogP contribution is -1.83. The first-order valence-electron chi connectivity index (χ1n) is 7.15. The maximum atomic E-state index is 6.13. The van der Waals surface area contributed by atoms with Gasteiger partial charge in [0, 0.05) is 16.4 Å². The molecule has 0 spiro atoms. The van der Waals surface area contributed by atoms with Crippen LogP contribution in [0.25, 0.3) is 22.5 Å². The van der Waals surface area contributed by atoms with Crippen molar-refractivity contribution in [3.05, 3.63) is 66.7 Å². The molecule has 3 rings (SSSR count). The molecule has 0 amide bonds. The smallest absolute Gasteiger partial charge is 0.161 e. The molecule has 0 aliphatic rings. The molecule has 0 saturated heterocycles. The second-order valence-electron chi connectivity index (χ2n) is 5.21. The SMILES string of the molecule is CC(C)Sc1cc(-c2ccccc2)c(-c2ccccc2)o1. The number of hydrogen-bond donors (Lipinski definition) is 0. The Bertz CT molecular complexity index is 642. The molecule has 0 unspecified atom stereocenters. The Hall–Kier alpha value is -1.93. The summed E-state index contributed by atoms with van der Waals surface area (Å²) in [6.07, 6.45) is 0. The van der Waals surface area contributed by atoms with Gasteiger partial charge in [0.1, 0.15) is 5.76 Å². The molecule has 1 aromatic heterocycles. The van der Waals surface area contributed by atoms with Crippen molar-refractivity contribution in [3.8, 4) is 22.5 Å². The van der Waals surface area contributed by atoms with Gasteiger partial charge in [0.2, 0.25) is 0 Å². The largest absolute Gasteiger partial charge is 0.449 e. The number of thioether (sulfide) groups is 1. The van der Waals surface area contributed by atoms with Gasteiger partial charge in [-0.2, -0.15) is 0 Å². The minimum Gasteiger partial charge on any atom is -0.449 e. The van der Waals surface area contributed by atoms with E-state index in [1.165, 1.54) is 5.56 Å². The Morgan fingerprint density at radius 2 is 1.38 bits per heavy atom. The average molecular weight is 294 g/mol. The van der Waals surface area contributed by atoms with Crippen LogP contribution in [0.15, 0.2) is 76.2 Å². The summed E-state index contributed by atoms with van der Waals surface area (Å²) < 4.78 is 6.13. The lowest BCUT2D eigenvalue weighted by molar-refractivity contribution is 0.487. The first-order valence-corrected chi connectivity index (χ1v) is 8.03. The van der Waals surface area contributed by atoms with Crippen LogP contribution in [0.2, 0.25) is 0 Å². The maximum absolute atomic E-state index is 6.13. The van der Waals surface area contributed by atoms with Gasteiger partial charge in [-0.25, -0.2) is 0 Å². The molecule has 2 heteroatoms. The monoisotopic (exact) mass is 294 g/mol. The molecule has 0 aliphatic carbocycles. The zero-order chi connectivity index (χ0) is 14.7. The quantitative estimate of drug-likeness (QED) is 0.538. The Labute approximate surface area is 130 Å². The first kappa shape index (κ1) is 14.0. The van der Waals surface area contributed by atoms with Crippen molar-refractivity contribution in [3.63, 3.8) is 0 Å². The zero-order valence-electron chi connectivity index (χ0n) is 12.2. The van der Waals surface area contributed by atoms with Gasteiger partial charge in [-0.1, -0.05) is 86.3 Å². The molecule has 2 aromatic carbocycles. The van der Waals surface area contributed by atoms with Crippen molar-refractivity contribution in [2.45, 2.75) is 24.2 Å². The summed E-state index contributed by atoms with van der Waals surface area (Å²) in [6, 6.07) is 22.9. The van der Waals surface area contributed by atoms with E-state index < -0.39 is 0 Å². The fourth-order valence-electron chi connectivity index (χ4n) is 2.29. The molecule has 0 bridgehead atoms. The minimum absolute atomic E-state index is 0.503. The van der Waals surface area contributed by atoms with Crippen molar-refractivity contribution in [1.82, 2.24) is 0 Å². The summed E-state index contributed by atoms with van der Waals surface area (Å²) in [5.74, 6) is 0.949. The van der Waals surface area contributed by atoms with Crippen LogP contribution in [0.3, 0.4) is 0 Å². The van der Waals surface area contributed by atoms with Crippen molar-refractivity contribution in [2.75, 3.05) is 0 Å². The topological polar surface area (TPSA) is 13.1 Å². The minimum atomic E-state index is 0.503. The van der Waals surface area contributed by atoms with Crippen LogP contribution in [0, 0.1) is 0 Å². The Morgan fingerprint density at radius 1 is 0.810 bits per heavy atom. The highest BCUT2D eigenvalue weighted by molar-refractivity contribution is 7.99. The highest BCUT2D eigenvalue weighted by Gasteiger charge is 2.15. The standard InChI is InChI=1S/C19H18OS/c1-14(2)21-18-13-17(15-9-5-3-6-10-15)19(20-18)16-11-7-4-8-12-16/h3-14H,1-2H3. The van der Waals surface area contributed by atoms with E-state index in [9.17, 15) is 0 Å². The van der Waals surface area contributed by atoms with Gasteiger partial charge < -0.3 is 4.42 Å². The summed E-state index contributed by atoms with van der Waals surface area (Å²) >= 11 is 1.76. The van der Waals surface area contributed by atoms with E-state index in [-0.39, 0.29) is 0 Å². The summed E-state index contributed by atoms with van der Waals surface area (Å²) in [5, 5.41) is 1.48. The van der Waals surface area contributed by atoms with E-state index in [4.69, 9.17) is 4.42 Å². The maximum Gasteiger partial charge on any atom is 0.161 e. The third-order valence-corrected chi connectivity index (χ3v) is 4.09. The Balaban J connectivity index is 2.11. The van der Waals surface area contributed by atoms with Crippen LogP contribution in [0.1, 0.15) is 13.8 Å². The lowest BCUT2D eigenvalue weighted by Gasteiger charge is -2.02. The van der Waals surface area contributed by atoms with E-state index in [1.807, 2.05) is 24.3 Å². The number of furan rings is 1. The van der Waals surface area contributed by atoms with Crippen molar-refractivity contribution >= 4 is 11.8 Å². The molecule has 3 aromatic rings. The number of rotatable bonds is 4. The van der Waals surface area contributed by atoms with Gasteiger partial charge in [0.15, 0.2) is 5.09 Å². The average Bonchev–Trinajstić information content (AvgIpc) is 2.92. The van der Waals surface area contributed by atoms with Gasteiger partial charge in [-0.05, 0) is 11.6 Å². The molecule has 0 aliphatic heterocycles. The van der Waals surface area contributed by atoms with Crippen LogP contribution >= 0.6 is 11.8 Å². The normalized spacial score (nSPS) is 11.0. The van der Waals surface area contributed by atoms with Crippen LogP contribution < -0.4 is 0 Å². The summed E-state index contributed by atoms with van der Waals surface area (Å²) in [4.78, 5) is 0. The third-order valence-electron chi connectivity index (χ3n) is 3.18. The van der Waals surface area contributed by atoms with E-state index in [2.05, 4.69) is 56.3 Å². The molecule has 21 heavy (non-hydrogen) atoms. The van der Waals surface area contributed by atoms with Gasteiger partial charge in [0.05, 0.1) is 0 Å². The lowest BCUT2D eigenvalue weighted by atomic mass is 10.0. The van der Waals surface area contributed by atoms with Crippen LogP contribution in [-0.4, -0.2) is 5.25 Å². The molecular weight excluding hydrogens is 276 g/mol. The molecule has 1 nitrogen and oxygen atoms in total. The summed E-state index contributed by atoms with van der Waals surface area (Å²) in [7, 11) is 0. The molecule has 0 radical (unpaired) electrons. The fourth-order valence-corrected chi connectivity index (χ4v) is 3.08. The van der Waals surface area contributed by atoms with E-state index >= 15 is 0 Å². The molecule has 0 atom stereocenters. The summed E-state index contributed by atoms with van der Waals surface area (Å²) in [5.41, 5.74) is 3.47. The van der Waals surface area contributed by atoms with Crippen molar-refractivity contribution in [2.24, 2.45) is 0 Å². The summed E-state index contributed by atoms with van der Waals surface area (Å²) in [6.45, 7) is 4.36. The molecule has 0 fully saturated rings. The fraction of sp³-hybridized carbons (Fsp3) is 0.158. The number of hydrogen-bond acceptors (Lipinski definition) is 2. The highest BCUT2D eigenvalue weighted by atomic mass is 32.2. The van der Waals surface area contributed by atoms with E-state index in [0.717, 1.165) is 22.0 Å². The van der Waals surface area contributed by atoms with Crippen molar-refractivity contribution < 1.29 is 4.42 Å². The predicted octanol–water partition coefficient (Wildman–Crippen LogP) is 6.11. The molecule has 0 saturated carbocycles. The molecule has 106 valence electrons. The predicted molar refractivity (Wildman–Crippen MR) is 90.6 cm³/mol. The van der Waals surface area contributed by atoms with Gasteiger partial charge in [0.25, 0.3) is 0 Å². The molecule has 1 heterocycles. The Kier molecular flexibility index (Phi) is 4.16. The highest BCUT2D eigenvalue weighted by Crippen LogP contribution is 2.39. The van der Waals surface area contributed by atoms with Gasteiger partial charge in [-0.15, -0.1) is 0 Å². The molecular formula is C19H18OS. The Morgan fingerprint density at radius 3 is 1.95 bits per heavy atom. The number of benzene rings is 2. The van der Waals surface area contributed by atoms with Crippen molar-refractivity contribution in [1.29, 1.82) is 0 Å². The second-order valence-corrected chi connectivity index (χ2v) is 6.79.